The molecule has 0 aliphatic carbocycles. The molecule has 0 spiro atoms. The number of rotatable bonds is 5. The van der Waals surface area contributed by atoms with E-state index >= 15 is 0 Å². The molecule has 3 aromatic rings. The molecule has 6 nitrogen and oxygen atoms in total. The van der Waals surface area contributed by atoms with Gasteiger partial charge in [-0.05, 0) is 49.9 Å². The fraction of sp³-hybridized carbons (Fsp3) is 0.208. The van der Waals surface area contributed by atoms with Crippen molar-refractivity contribution in [1.82, 2.24) is 4.57 Å². The van der Waals surface area contributed by atoms with Gasteiger partial charge in [-0.2, -0.15) is 0 Å². The number of carbonyl (C=O) groups excluding carboxylic acids is 1. The number of phenolic OH excluding ortho intramolecular Hbond substituents is 1. The van der Waals surface area contributed by atoms with Crippen LogP contribution < -0.4 is 14.9 Å². The summed E-state index contributed by atoms with van der Waals surface area (Å²) in [6, 6.07) is 14.0. The fourth-order valence-electron chi connectivity index (χ4n) is 3.64. The number of thioether (sulfide) groups is 1. The molecule has 0 bridgehead atoms. The second-order valence-corrected chi connectivity index (χ2v) is 9.02. The van der Waals surface area contributed by atoms with Crippen molar-refractivity contribution in [3.63, 3.8) is 0 Å². The van der Waals surface area contributed by atoms with Gasteiger partial charge in [-0.3, -0.25) is 9.36 Å². The maximum atomic E-state index is 13.5. The highest BCUT2D eigenvalue weighted by atomic mass is 32.2. The molecule has 0 saturated carbocycles. The van der Waals surface area contributed by atoms with Crippen LogP contribution in [0, 0.1) is 0 Å². The van der Waals surface area contributed by atoms with Crippen LogP contribution in [-0.2, 0) is 9.53 Å². The van der Waals surface area contributed by atoms with E-state index in [1.54, 1.807) is 60.5 Å². The number of phenols is 1. The molecule has 1 aliphatic heterocycles. The number of hydrogen-bond donors (Lipinski definition) is 1. The number of nitrogens with zero attached hydrogens (tertiary/aromatic N) is 2. The monoisotopic (exact) mass is 466 g/mol. The molecular formula is C24H22N2O4S2. The maximum absolute atomic E-state index is 13.5. The summed E-state index contributed by atoms with van der Waals surface area (Å²) in [5.74, 6) is -0.395. The van der Waals surface area contributed by atoms with Crippen LogP contribution >= 0.6 is 23.1 Å². The van der Waals surface area contributed by atoms with Gasteiger partial charge in [0.1, 0.15) is 5.75 Å². The van der Waals surface area contributed by atoms with Gasteiger partial charge < -0.3 is 9.84 Å². The number of esters is 1. The number of thiazole rings is 1. The number of allylic oxidation sites excluding steroid dienone is 1. The van der Waals surface area contributed by atoms with Gasteiger partial charge in [-0.25, -0.2) is 9.79 Å². The molecule has 1 aliphatic rings. The van der Waals surface area contributed by atoms with Crippen LogP contribution in [0.15, 0.2) is 74.5 Å². The third-order valence-corrected chi connectivity index (χ3v) is 6.90. The van der Waals surface area contributed by atoms with Gasteiger partial charge >= 0.3 is 5.97 Å². The van der Waals surface area contributed by atoms with Gasteiger partial charge in [0.2, 0.25) is 0 Å². The van der Waals surface area contributed by atoms with E-state index in [1.165, 1.54) is 11.3 Å². The third-order valence-electron chi connectivity index (χ3n) is 5.17. The molecular weight excluding hydrogens is 444 g/mol. The molecule has 0 radical (unpaired) electrons. The summed E-state index contributed by atoms with van der Waals surface area (Å²) in [4.78, 5) is 32.5. The molecule has 0 amide bonds. The first kappa shape index (κ1) is 22.1. The Morgan fingerprint density at radius 3 is 2.62 bits per heavy atom. The van der Waals surface area contributed by atoms with Crippen molar-refractivity contribution in [2.45, 2.75) is 24.8 Å². The Morgan fingerprint density at radius 1 is 1.25 bits per heavy atom. The van der Waals surface area contributed by atoms with E-state index in [-0.39, 0.29) is 17.9 Å². The van der Waals surface area contributed by atoms with Gasteiger partial charge in [-0.15, -0.1) is 11.8 Å². The van der Waals surface area contributed by atoms with Crippen molar-refractivity contribution in [1.29, 1.82) is 0 Å². The largest absolute Gasteiger partial charge is 0.507 e. The molecule has 1 atom stereocenters. The van der Waals surface area contributed by atoms with Crippen molar-refractivity contribution >= 4 is 35.1 Å². The van der Waals surface area contributed by atoms with Crippen LogP contribution in [0.1, 0.15) is 31.0 Å². The Labute approximate surface area is 193 Å². The topological polar surface area (TPSA) is 80.9 Å². The SMILES string of the molecule is CCOC(=O)C1=C(C)N=c2s/c(=C\c3ccccc3O)c(=O)n2[C@@H]1c1ccc(SC)cc1. The van der Waals surface area contributed by atoms with Crippen LogP contribution in [0.25, 0.3) is 6.08 Å². The molecule has 164 valence electrons. The van der Waals surface area contributed by atoms with Crippen LogP contribution in [0.5, 0.6) is 5.75 Å². The lowest BCUT2D eigenvalue weighted by Gasteiger charge is -2.24. The highest BCUT2D eigenvalue weighted by Gasteiger charge is 2.33. The van der Waals surface area contributed by atoms with E-state index in [2.05, 4.69) is 4.99 Å². The summed E-state index contributed by atoms with van der Waals surface area (Å²) in [6.07, 6.45) is 3.64. The van der Waals surface area contributed by atoms with Crippen molar-refractivity contribution < 1.29 is 14.6 Å². The molecule has 2 aromatic carbocycles. The van der Waals surface area contributed by atoms with Crippen molar-refractivity contribution in [2.75, 3.05) is 12.9 Å². The number of para-hydroxylation sites is 1. The van der Waals surface area contributed by atoms with Crippen molar-refractivity contribution in [3.8, 4) is 5.75 Å². The summed E-state index contributed by atoms with van der Waals surface area (Å²) < 4.78 is 7.28. The molecule has 8 heteroatoms. The summed E-state index contributed by atoms with van der Waals surface area (Å²) in [6.45, 7) is 3.73. The van der Waals surface area contributed by atoms with Crippen LogP contribution in [0.2, 0.25) is 0 Å². The van der Waals surface area contributed by atoms with Crippen LogP contribution in [0.4, 0.5) is 0 Å². The lowest BCUT2D eigenvalue weighted by Crippen LogP contribution is -2.39. The number of fused-ring (bicyclic) bond motifs is 1. The second-order valence-electron chi connectivity index (χ2n) is 7.13. The smallest absolute Gasteiger partial charge is 0.338 e. The van der Waals surface area contributed by atoms with Gasteiger partial charge in [0, 0.05) is 10.5 Å². The number of hydrogen-bond acceptors (Lipinski definition) is 7. The first-order chi connectivity index (χ1) is 15.4. The lowest BCUT2D eigenvalue weighted by molar-refractivity contribution is -0.139. The molecule has 4 rings (SSSR count). The molecule has 0 saturated heterocycles. The average molecular weight is 467 g/mol. The zero-order chi connectivity index (χ0) is 22.8. The summed E-state index contributed by atoms with van der Waals surface area (Å²) in [5.41, 5.74) is 1.95. The number of carbonyl (C=O) groups is 1. The van der Waals surface area contributed by atoms with Gasteiger partial charge in [-0.1, -0.05) is 41.7 Å². The predicted octanol–water partition coefficient (Wildman–Crippen LogP) is 3.23. The first-order valence-corrected chi connectivity index (χ1v) is 12.1. The summed E-state index contributed by atoms with van der Waals surface area (Å²) >= 11 is 2.85. The van der Waals surface area contributed by atoms with E-state index in [4.69, 9.17) is 4.74 Å². The third kappa shape index (κ3) is 4.03. The van der Waals surface area contributed by atoms with E-state index in [0.717, 1.165) is 10.5 Å². The van der Waals surface area contributed by atoms with Gasteiger partial charge in [0.25, 0.3) is 5.56 Å². The highest BCUT2D eigenvalue weighted by molar-refractivity contribution is 7.98. The van der Waals surface area contributed by atoms with Crippen molar-refractivity contribution in [2.24, 2.45) is 4.99 Å². The Hall–Kier alpha value is -3.10. The van der Waals surface area contributed by atoms with E-state index in [0.29, 0.717) is 26.2 Å². The van der Waals surface area contributed by atoms with Crippen LogP contribution in [0.3, 0.4) is 0 Å². The Morgan fingerprint density at radius 2 is 1.97 bits per heavy atom. The maximum Gasteiger partial charge on any atom is 0.338 e. The molecule has 1 aromatic heterocycles. The van der Waals surface area contributed by atoms with Gasteiger partial charge in [0.05, 0.1) is 28.5 Å². The normalized spacial score (nSPS) is 16.0. The highest BCUT2D eigenvalue weighted by Crippen LogP contribution is 2.31. The number of benzene rings is 2. The van der Waals surface area contributed by atoms with E-state index in [1.807, 2.05) is 30.5 Å². The summed E-state index contributed by atoms with van der Waals surface area (Å²) in [5, 5.41) is 10.1. The Balaban J connectivity index is 1.96. The Bertz CT molecular complexity index is 1380. The number of aromatic hydroxyl groups is 1. The molecule has 0 fully saturated rings. The zero-order valence-electron chi connectivity index (χ0n) is 17.9. The minimum atomic E-state index is -0.646. The quantitative estimate of drug-likeness (QED) is 0.461. The molecule has 0 unspecified atom stereocenters. The fourth-order valence-corrected chi connectivity index (χ4v) is 5.09. The van der Waals surface area contributed by atoms with E-state index in [9.17, 15) is 14.7 Å². The molecule has 32 heavy (non-hydrogen) atoms. The minimum absolute atomic E-state index is 0.0888. The van der Waals surface area contributed by atoms with Crippen molar-refractivity contribution in [3.05, 3.63) is 90.6 Å². The zero-order valence-corrected chi connectivity index (χ0v) is 19.5. The average Bonchev–Trinajstić information content (AvgIpc) is 3.09. The first-order valence-electron chi connectivity index (χ1n) is 10.1. The van der Waals surface area contributed by atoms with Crippen LogP contribution in [-0.4, -0.2) is 28.5 Å². The summed E-state index contributed by atoms with van der Waals surface area (Å²) in [7, 11) is 0. The number of aromatic nitrogens is 1. The molecule has 1 N–H and O–H groups in total. The standard InChI is InChI=1S/C24H22N2O4S2/c1-4-30-23(29)20-14(2)25-24-26(21(20)15-9-11-17(31-3)12-10-15)22(28)19(32-24)13-16-7-5-6-8-18(16)27/h5-13,21,27H,4H2,1-3H3/b19-13-/t21-/m1/s1. The van der Waals surface area contributed by atoms with Gasteiger partial charge in [0.15, 0.2) is 4.80 Å². The lowest BCUT2D eigenvalue weighted by atomic mass is 9.96. The van der Waals surface area contributed by atoms with E-state index < -0.39 is 12.0 Å². The minimum Gasteiger partial charge on any atom is -0.507 e. The predicted molar refractivity (Wildman–Crippen MR) is 127 cm³/mol. The number of ether oxygens (including phenoxy) is 1. The molecule has 2 heterocycles. The second kappa shape index (κ2) is 9.18. The Kier molecular flexibility index (Phi) is 6.34.